The number of nitrogens with zero attached hydrogens (tertiary/aromatic N) is 1. The van der Waals surface area contributed by atoms with Crippen molar-refractivity contribution in [2.75, 3.05) is 0 Å². The van der Waals surface area contributed by atoms with Crippen molar-refractivity contribution in [1.29, 1.82) is 0 Å². The summed E-state index contributed by atoms with van der Waals surface area (Å²) in [4.78, 5) is 4.11. The first-order valence-electron chi connectivity index (χ1n) is 7.15. The maximum absolute atomic E-state index is 13.6. The van der Waals surface area contributed by atoms with Crippen molar-refractivity contribution in [3.63, 3.8) is 0 Å². The predicted molar refractivity (Wildman–Crippen MR) is 81.7 cm³/mol. The maximum atomic E-state index is 13.6. The van der Waals surface area contributed by atoms with Crippen LogP contribution < -0.4 is 10.5 Å². The summed E-state index contributed by atoms with van der Waals surface area (Å²) >= 11 is 0. The zero-order valence-electron chi connectivity index (χ0n) is 12.5. The molecule has 1 heterocycles. The molecule has 1 aromatic heterocycles. The molecular weight excluding hydrogens is 267 g/mol. The van der Waals surface area contributed by atoms with Crippen LogP contribution >= 0.6 is 0 Å². The first-order chi connectivity index (χ1) is 10.1. The van der Waals surface area contributed by atoms with Crippen LogP contribution in [-0.2, 0) is 13.0 Å². The molecule has 0 saturated heterocycles. The van der Waals surface area contributed by atoms with Crippen molar-refractivity contribution in [1.82, 2.24) is 4.98 Å². The van der Waals surface area contributed by atoms with E-state index in [1.54, 1.807) is 12.4 Å². The number of aromatic nitrogens is 1. The van der Waals surface area contributed by atoms with E-state index in [1.165, 1.54) is 12.1 Å². The average Bonchev–Trinajstić information content (AvgIpc) is 2.44. The second-order valence-corrected chi connectivity index (χ2v) is 5.33. The van der Waals surface area contributed by atoms with E-state index < -0.39 is 0 Å². The summed E-state index contributed by atoms with van der Waals surface area (Å²) in [5, 5.41) is 0. The molecular formula is C17H21FN2O. The van der Waals surface area contributed by atoms with Gasteiger partial charge in [-0.25, -0.2) is 4.39 Å². The molecule has 112 valence electrons. The SMILES string of the molecule is CCC(N)Cc1cc(F)cc(OCc2cncc(C)c2)c1. The van der Waals surface area contributed by atoms with Crippen LogP contribution in [0.1, 0.15) is 30.0 Å². The number of ether oxygens (including phenoxy) is 1. The molecule has 0 aliphatic carbocycles. The van der Waals surface area contributed by atoms with Crippen LogP contribution in [0.5, 0.6) is 5.75 Å². The van der Waals surface area contributed by atoms with Crippen LogP contribution in [0.3, 0.4) is 0 Å². The number of pyridine rings is 1. The van der Waals surface area contributed by atoms with Crippen LogP contribution in [0.4, 0.5) is 4.39 Å². The van der Waals surface area contributed by atoms with Gasteiger partial charge in [0.25, 0.3) is 0 Å². The van der Waals surface area contributed by atoms with Crippen molar-refractivity contribution >= 4 is 0 Å². The van der Waals surface area contributed by atoms with Gasteiger partial charge in [0, 0.05) is 30.1 Å². The first-order valence-corrected chi connectivity index (χ1v) is 7.15. The van der Waals surface area contributed by atoms with Gasteiger partial charge in [0.15, 0.2) is 0 Å². The van der Waals surface area contributed by atoms with Crippen molar-refractivity contribution < 1.29 is 9.13 Å². The Hall–Kier alpha value is -1.94. The molecule has 0 spiro atoms. The van der Waals surface area contributed by atoms with Gasteiger partial charge in [0.2, 0.25) is 0 Å². The van der Waals surface area contributed by atoms with Crippen molar-refractivity contribution in [2.45, 2.75) is 39.3 Å². The van der Waals surface area contributed by atoms with Crippen LogP contribution in [0.15, 0.2) is 36.7 Å². The van der Waals surface area contributed by atoms with E-state index in [0.717, 1.165) is 23.1 Å². The molecule has 2 aromatic rings. The zero-order valence-corrected chi connectivity index (χ0v) is 12.5. The molecule has 0 fully saturated rings. The summed E-state index contributed by atoms with van der Waals surface area (Å²) in [5.74, 6) is 0.225. The highest BCUT2D eigenvalue weighted by Gasteiger charge is 2.06. The molecule has 1 aromatic carbocycles. The Bertz CT molecular complexity index is 601. The van der Waals surface area contributed by atoms with Gasteiger partial charge in [0.05, 0.1) is 0 Å². The largest absolute Gasteiger partial charge is 0.489 e. The minimum absolute atomic E-state index is 0.0422. The zero-order chi connectivity index (χ0) is 15.2. The number of nitrogens with two attached hydrogens (primary N) is 1. The van der Waals surface area contributed by atoms with Gasteiger partial charge in [-0.05, 0) is 49.1 Å². The summed E-state index contributed by atoms with van der Waals surface area (Å²) in [6, 6.07) is 6.80. The average molecular weight is 288 g/mol. The number of hydrogen-bond acceptors (Lipinski definition) is 3. The van der Waals surface area contributed by atoms with Gasteiger partial charge in [0.1, 0.15) is 18.2 Å². The predicted octanol–water partition coefficient (Wildman–Crippen LogP) is 3.39. The standard InChI is InChI=1S/C17H21FN2O/c1-3-16(19)6-13-5-15(18)8-17(7-13)21-11-14-4-12(2)9-20-10-14/h4-5,7-10,16H,3,6,11,19H2,1-2H3. The highest BCUT2D eigenvalue weighted by atomic mass is 19.1. The summed E-state index contributed by atoms with van der Waals surface area (Å²) in [6.45, 7) is 4.37. The molecule has 0 saturated carbocycles. The van der Waals surface area contributed by atoms with Crippen molar-refractivity contribution in [3.05, 3.63) is 59.2 Å². The second-order valence-electron chi connectivity index (χ2n) is 5.33. The van der Waals surface area contributed by atoms with Gasteiger partial charge < -0.3 is 10.5 Å². The molecule has 1 atom stereocenters. The molecule has 0 radical (unpaired) electrons. The topological polar surface area (TPSA) is 48.1 Å². The van der Waals surface area contributed by atoms with Crippen LogP contribution in [-0.4, -0.2) is 11.0 Å². The fourth-order valence-corrected chi connectivity index (χ4v) is 2.13. The Morgan fingerprint density at radius 1 is 1.19 bits per heavy atom. The number of hydrogen-bond donors (Lipinski definition) is 1. The fourth-order valence-electron chi connectivity index (χ4n) is 2.13. The van der Waals surface area contributed by atoms with Gasteiger partial charge in [-0.3, -0.25) is 4.98 Å². The van der Waals surface area contributed by atoms with E-state index in [0.29, 0.717) is 18.8 Å². The Morgan fingerprint density at radius 3 is 2.71 bits per heavy atom. The molecule has 0 aliphatic heterocycles. The van der Waals surface area contributed by atoms with E-state index in [1.807, 2.05) is 26.0 Å². The lowest BCUT2D eigenvalue weighted by Crippen LogP contribution is -2.21. The second kappa shape index (κ2) is 7.18. The number of rotatable bonds is 6. The lowest BCUT2D eigenvalue weighted by molar-refractivity contribution is 0.303. The number of halogens is 1. The van der Waals surface area contributed by atoms with E-state index in [9.17, 15) is 4.39 Å². The molecule has 4 heteroatoms. The van der Waals surface area contributed by atoms with Crippen LogP contribution in [0.2, 0.25) is 0 Å². The lowest BCUT2D eigenvalue weighted by atomic mass is 10.0. The van der Waals surface area contributed by atoms with Gasteiger partial charge in [-0.1, -0.05) is 6.92 Å². The number of benzene rings is 1. The number of aryl methyl sites for hydroxylation is 1. The smallest absolute Gasteiger partial charge is 0.127 e. The fraction of sp³-hybridized carbons (Fsp3) is 0.353. The lowest BCUT2D eigenvalue weighted by Gasteiger charge is -2.12. The molecule has 0 amide bonds. The normalized spacial score (nSPS) is 12.2. The Labute approximate surface area is 125 Å². The van der Waals surface area contributed by atoms with Crippen molar-refractivity contribution in [2.24, 2.45) is 5.73 Å². The third kappa shape index (κ3) is 4.83. The van der Waals surface area contributed by atoms with Gasteiger partial charge >= 0.3 is 0 Å². The van der Waals surface area contributed by atoms with Gasteiger partial charge in [-0.2, -0.15) is 0 Å². The highest BCUT2D eigenvalue weighted by Crippen LogP contribution is 2.19. The monoisotopic (exact) mass is 288 g/mol. The third-order valence-electron chi connectivity index (χ3n) is 3.29. The molecule has 0 aliphatic rings. The molecule has 1 unspecified atom stereocenters. The van der Waals surface area contributed by atoms with E-state index in [4.69, 9.17) is 10.5 Å². The summed E-state index contributed by atoms with van der Waals surface area (Å²) in [5.41, 5.74) is 8.82. The first kappa shape index (κ1) is 15.4. The molecule has 0 bridgehead atoms. The minimum Gasteiger partial charge on any atom is -0.489 e. The summed E-state index contributed by atoms with van der Waals surface area (Å²) in [6.07, 6.45) is 5.05. The van der Waals surface area contributed by atoms with Crippen LogP contribution in [0.25, 0.3) is 0 Å². The molecule has 2 N–H and O–H groups in total. The Kier molecular flexibility index (Phi) is 5.28. The summed E-state index contributed by atoms with van der Waals surface area (Å²) < 4.78 is 19.3. The minimum atomic E-state index is -0.298. The van der Waals surface area contributed by atoms with Crippen molar-refractivity contribution in [3.8, 4) is 5.75 Å². The quantitative estimate of drug-likeness (QED) is 0.886. The molecule has 3 nitrogen and oxygen atoms in total. The molecule has 21 heavy (non-hydrogen) atoms. The summed E-state index contributed by atoms with van der Waals surface area (Å²) in [7, 11) is 0. The van der Waals surface area contributed by atoms with E-state index in [2.05, 4.69) is 4.98 Å². The van der Waals surface area contributed by atoms with E-state index in [-0.39, 0.29) is 11.9 Å². The van der Waals surface area contributed by atoms with Crippen LogP contribution in [0, 0.1) is 12.7 Å². The Balaban J connectivity index is 2.06. The third-order valence-corrected chi connectivity index (χ3v) is 3.29. The highest BCUT2D eigenvalue weighted by molar-refractivity contribution is 5.30. The van der Waals surface area contributed by atoms with Gasteiger partial charge in [-0.15, -0.1) is 0 Å². The molecule has 2 rings (SSSR count). The maximum Gasteiger partial charge on any atom is 0.127 e. The van der Waals surface area contributed by atoms with E-state index >= 15 is 0 Å². The Morgan fingerprint density at radius 2 is 2.00 bits per heavy atom.